The van der Waals surface area contributed by atoms with Gasteiger partial charge in [-0.1, -0.05) is 44.2 Å². The Balaban J connectivity index is 2.67. The second-order valence-corrected chi connectivity index (χ2v) is 6.40. The summed E-state index contributed by atoms with van der Waals surface area (Å²) in [7, 11) is 1.44. The van der Waals surface area contributed by atoms with Crippen LogP contribution in [0.1, 0.15) is 32.3 Å². The Bertz CT molecular complexity index is 663. The van der Waals surface area contributed by atoms with Gasteiger partial charge in [0.25, 0.3) is 0 Å². The molecule has 0 spiro atoms. The molecule has 0 heterocycles. The standard InChI is InChI=1S/C19H27N3O5/c1-4-13(2)16(23)11-22(3)18(25)15(10-17(20)24)21-19(26)27-12-14-8-6-5-7-9-14/h5-9,13,15H,4,10-12H2,1-3H3,(H2,20,24)(H,21,26)/t13-,15-/m0/s1. The van der Waals surface area contributed by atoms with Crippen molar-refractivity contribution in [3.8, 4) is 0 Å². The molecular weight excluding hydrogens is 350 g/mol. The number of carbonyl (C=O) groups excluding carboxylic acids is 4. The summed E-state index contributed by atoms with van der Waals surface area (Å²) in [4.78, 5) is 49.0. The number of alkyl carbamates (subject to hydrolysis) is 1. The second-order valence-electron chi connectivity index (χ2n) is 6.40. The van der Waals surface area contributed by atoms with E-state index in [1.165, 1.54) is 11.9 Å². The van der Waals surface area contributed by atoms with Gasteiger partial charge in [-0.15, -0.1) is 0 Å². The van der Waals surface area contributed by atoms with Crippen molar-refractivity contribution < 1.29 is 23.9 Å². The van der Waals surface area contributed by atoms with Gasteiger partial charge in [-0.05, 0) is 12.0 Å². The van der Waals surface area contributed by atoms with Gasteiger partial charge in [-0.3, -0.25) is 14.4 Å². The third-order valence-corrected chi connectivity index (χ3v) is 4.14. The van der Waals surface area contributed by atoms with Gasteiger partial charge in [-0.25, -0.2) is 4.79 Å². The predicted octanol–water partition coefficient (Wildman–Crippen LogP) is 1.23. The molecule has 0 radical (unpaired) electrons. The van der Waals surface area contributed by atoms with Crippen LogP contribution in [0.15, 0.2) is 30.3 Å². The van der Waals surface area contributed by atoms with E-state index in [2.05, 4.69) is 5.32 Å². The van der Waals surface area contributed by atoms with Crippen molar-refractivity contribution in [2.75, 3.05) is 13.6 Å². The molecule has 8 heteroatoms. The van der Waals surface area contributed by atoms with E-state index < -0.39 is 23.9 Å². The van der Waals surface area contributed by atoms with E-state index in [0.717, 1.165) is 5.56 Å². The molecule has 0 aliphatic carbocycles. The minimum Gasteiger partial charge on any atom is -0.445 e. The van der Waals surface area contributed by atoms with Gasteiger partial charge in [0, 0.05) is 13.0 Å². The van der Waals surface area contributed by atoms with Crippen molar-refractivity contribution in [2.24, 2.45) is 11.7 Å². The van der Waals surface area contributed by atoms with E-state index in [0.29, 0.717) is 6.42 Å². The van der Waals surface area contributed by atoms with Crippen LogP contribution in [-0.2, 0) is 25.7 Å². The third-order valence-electron chi connectivity index (χ3n) is 4.14. The molecule has 0 aliphatic rings. The lowest BCUT2D eigenvalue weighted by Crippen LogP contribution is -2.50. The molecule has 0 saturated heterocycles. The number of hydrogen-bond acceptors (Lipinski definition) is 5. The first-order valence-electron chi connectivity index (χ1n) is 8.77. The van der Waals surface area contributed by atoms with Crippen molar-refractivity contribution in [1.29, 1.82) is 0 Å². The molecule has 1 rings (SSSR count). The van der Waals surface area contributed by atoms with Crippen LogP contribution in [0.5, 0.6) is 0 Å². The van der Waals surface area contributed by atoms with Crippen LogP contribution in [0.2, 0.25) is 0 Å². The average Bonchev–Trinajstić information content (AvgIpc) is 2.64. The Morgan fingerprint density at radius 1 is 1.19 bits per heavy atom. The molecular formula is C19H27N3O5. The number of carbonyl (C=O) groups is 4. The second kappa shape index (κ2) is 10.9. The van der Waals surface area contributed by atoms with Crippen molar-refractivity contribution in [1.82, 2.24) is 10.2 Å². The number of ether oxygens (including phenoxy) is 1. The first kappa shape index (κ1) is 22.1. The molecule has 0 aliphatic heterocycles. The maximum atomic E-state index is 12.5. The van der Waals surface area contributed by atoms with Gasteiger partial charge < -0.3 is 20.7 Å². The maximum Gasteiger partial charge on any atom is 0.408 e. The number of rotatable bonds is 10. The monoisotopic (exact) mass is 377 g/mol. The van der Waals surface area contributed by atoms with Crippen molar-refractivity contribution in [2.45, 2.75) is 39.3 Å². The van der Waals surface area contributed by atoms with Crippen LogP contribution in [-0.4, -0.2) is 48.2 Å². The van der Waals surface area contributed by atoms with Gasteiger partial charge in [0.15, 0.2) is 5.78 Å². The van der Waals surface area contributed by atoms with Gasteiger partial charge in [0.05, 0.1) is 13.0 Å². The van der Waals surface area contributed by atoms with E-state index in [1.807, 2.05) is 13.0 Å². The molecule has 148 valence electrons. The number of nitrogens with zero attached hydrogens (tertiary/aromatic N) is 1. The topological polar surface area (TPSA) is 119 Å². The highest BCUT2D eigenvalue weighted by molar-refractivity contribution is 5.93. The summed E-state index contributed by atoms with van der Waals surface area (Å²) in [6.45, 7) is 3.57. The smallest absolute Gasteiger partial charge is 0.408 e. The minimum absolute atomic E-state index is 0.0203. The number of likely N-dealkylation sites (N-methyl/N-ethyl adjacent to an activating group) is 1. The van der Waals surface area contributed by atoms with E-state index in [1.54, 1.807) is 31.2 Å². The van der Waals surface area contributed by atoms with Crippen LogP contribution >= 0.6 is 0 Å². The summed E-state index contributed by atoms with van der Waals surface area (Å²) in [5.41, 5.74) is 5.95. The fourth-order valence-electron chi connectivity index (χ4n) is 2.27. The molecule has 27 heavy (non-hydrogen) atoms. The highest BCUT2D eigenvalue weighted by Crippen LogP contribution is 2.06. The number of amides is 3. The van der Waals surface area contributed by atoms with Gasteiger partial charge >= 0.3 is 6.09 Å². The highest BCUT2D eigenvalue weighted by Gasteiger charge is 2.28. The number of hydrogen-bond donors (Lipinski definition) is 2. The first-order chi connectivity index (χ1) is 12.7. The molecule has 0 bridgehead atoms. The summed E-state index contributed by atoms with van der Waals surface area (Å²) in [5.74, 6) is -1.61. The number of nitrogens with one attached hydrogen (secondary N) is 1. The Morgan fingerprint density at radius 3 is 2.37 bits per heavy atom. The Hall–Kier alpha value is -2.90. The number of ketones is 1. The van der Waals surface area contributed by atoms with Crippen molar-refractivity contribution in [3.05, 3.63) is 35.9 Å². The van der Waals surface area contributed by atoms with Crippen LogP contribution in [0.3, 0.4) is 0 Å². The summed E-state index contributed by atoms with van der Waals surface area (Å²) >= 11 is 0. The lowest BCUT2D eigenvalue weighted by atomic mass is 10.0. The highest BCUT2D eigenvalue weighted by atomic mass is 16.5. The zero-order chi connectivity index (χ0) is 20.4. The lowest BCUT2D eigenvalue weighted by molar-refractivity contribution is -0.137. The normalized spacial score (nSPS) is 12.6. The van der Waals surface area contributed by atoms with E-state index in [4.69, 9.17) is 10.5 Å². The van der Waals surface area contributed by atoms with Crippen LogP contribution < -0.4 is 11.1 Å². The fourth-order valence-corrected chi connectivity index (χ4v) is 2.27. The van der Waals surface area contributed by atoms with Crippen molar-refractivity contribution in [3.63, 3.8) is 0 Å². The molecule has 3 amide bonds. The molecule has 0 fully saturated rings. The molecule has 3 N–H and O–H groups in total. The minimum atomic E-state index is -1.19. The molecule has 8 nitrogen and oxygen atoms in total. The number of benzene rings is 1. The van der Waals surface area contributed by atoms with E-state index >= 15 is 0 Å². The van der Waals surface area contributed by atoms with E-state index in [9.17, 15) is 19.2 Å². The van der Waals surface area contributed by atoms with Crippen LogP contribution in [0, 0.1) is 5.92 Å². The molecule has 0 unspecified atom stereocenters. The lowest BCUT2D eigenvalue weighted by Gasteiger charge is -2.24. The summed E-state index contributed by atoms with van der Waals surface area (Å²) in [6, 6.07) is 7.82. The molecule has 1 aromatic rings. The SMILES string of the molecule is CC[C@H](C)C(=O)CN(C)C(=O)[C@H](CC(N)=O)NC(=O)OCc1ccccc1. The summed E-state index contributed by atoms with van der Waals surface area (Å²) in [6.07, 6.45) is -0.573. The fraction of sp³-hybridized carbons (Fsp3) is 0.474. The van der Waals surface area contributed by atoms with Gasteiger partial charge in [0.1, 0.15) is 12.6 Å². The van der Waals surface area contributed by atoms with E-state index in [-0.39, 0.29) is 31.3 Å². The van der Waals surface area contributed by atoms with Crippen LogP contribution in [0.25, 0.3) is 0 Å². The van der Waals surface area contributed by atoms with Gasteiger partial charge in [-0.2, -0.15) is 0 Å². The summed E-state index contributed by atoms with van der Waals surface area (Å²) < 4.78 is 5.07. The Morgan fingerprint density at radius 2 is 1.81 bits per heavy atom. The number of nitrogens with two attached hydrogens (primary N) is 1. The third kappa shape index (κ3) is 7.89. The molecule has 0 aromatic heterocycles. The van der Waals surface area contributed by atoms with Crippen LogP contribution in [0.4, 0.5) is 4.79 Å². The largest absolute Gasteiger partial charge is 0.445 e. The zero-order valence-electron chi connectivity index (χ0n) is 15.9. The molecule has 0 saturated carbocycles. The zero-order valence-corrected chi connectivity index (χ0v) is 15.9. The number of primary amides is 1. The predicted molar refractivity (Wildman–Crippen MR) is 99.5 cm³/mol. The Kier molecular flexibility index (Phi) is 8.98. The molecule has 1 aromatic carbocycles. The summed E-state index contributed by atoms with van der Waals surface area (Å²) in [5, 5.41) is 2.35. The molecule has 2 atom stereocenters. The maximum absolute atomic E-state index is 12.5. The quantitative estimate of drug-likeness (QED) is 0.636. The van der Waals surface area contributed by atoms with Crippen molar-refractivity contribution >= 4 is 23.7 Å². The average molecular weight is 377 g/mol. The Labute approximate surface area is 159 Å². The first-order valence-corrected chi connectivity index (χ1v) is 8.77. The van der Waals surface area contributed by atoms with Gasteiger partial charge in [0.2, 0.25) is 11.8 Å². The number of Topliss-reactive ketones (excluding diaryl/α,β-unsaturated/α-hetero) is 1.